The first kappa shape index (κ1) is 28.1. The average Bonchev–Trinajstić information content (AvgIpc) is 2.66. The molecule has 5 amide bonds. The second kappa shape index (κ2) is 13.4. The Labute approximate surface area is 183 Å². The normalized spacial score (nSPS) is 15.5. The molecule has 0 aliphatic carbocycles. The molecule has 0 bridgehead atoms. The number of aliphatic hydroxyl groups excluding tert-OH is 1. The van der Waals surface area contributed by atoms with Crippen molar-refractivity contribution >= 4 is 48.1 Å². The van der Waals surface area contributed by atoms with Crippen molar-refractivity contribution in [2.45, 2.75) is 56.5 Å². The van der Waals surface area contributed by atoms with E-state index in [9.17, 15) is 33.9 Å². The number of nitrogens with one attached hydrogen (secondary N) is 3. The van der Waals surface area contributed by atoms with Gasteiger partial charge in [0.1, 0.15) is 24.2 Å². The summed E-state index contributed by atoms with van der Waals surface area (Å²) in [6.07, 6.45) is -2.53. The number of carboxylic acids is 1. The molecule has 0 radical (unpaired) electrons. The minimum atomic E-state index is -1.58. The number of amides is 5. The fourth-order valence-corrected chi connectivity index (χ4v) is 2.43. The zero-order chi connectivity index (χ0) is 24.3. The van der Waals surface area contributed by atoms with Crippen molar-refractivity contribution in [3.05, 3.63) is 0 Å². The van der Waals surface area contributed by atoms with Gasteiger partial charge in [0.15, 0.2) is 0 Å². The Morgan fingerprint density at radius 3 is 1.77 bits per heavy atom. The van der Waals surface area contributed by atoms with Crippen molar-refractivity contribution < 1.29 is 39.0 Å². The van der Waals surface area contributed by atoms with E-state index in [1.807, 2.05) is 0 Å². The second-order valence-corrected chi connectivity index (χ2v) is 7.01. The van der Waals surface area contributed by atoms with Gasteiger partial charge in [-0.05, 0) is 13.3 Å². The molecule has 0 saturated carbocycles. The molecule has 0 rings (SSSR count). The van der Waals surface area contributed by atoms with Gasteiger partial charge in [-0.25, -0.2) is 4.79 Å². The zero-order valence-corrected chi connectivity index (χ0v) is 17.6. The van der Waals surface area contributed by atoms with Gasteiger partial charge in [-0.15, -0.1) is 0 Å². The predicted molar refractivity (Wildman–Crippen MR) is 109 cm³/mol. The minimum absolute atomic E-state index is 0.271. The van der Waals surface area contributed by atoms with Crippen LogP contribution in [0, 0.1) is 0 Å². The van der Waals surface area contributed by atoms with E-state index in [0.717, 1.165) is 0 Å². The van der Waals surface area contributed by atoms with Crippen LogP contribution in [0.5, 0.6) is 0 Å². The molecule has 0 fully saturated rings. The van der Waals surface area contributed by atoms with Crippen LogP contribution in [0.2, 0.25) is 0 Å². The standard InChI is InChI=1S/C16H28N6O8S/c1-6(23)12(19)15(28)20-7(2-3-10(17)24)13(26)21-8(4-11(18)25)14(27)22-9(5-31)16(29)30/h6-9,12,23,31H,2-5,19H2,1H3,(H2,17,24)(H2,18,25)(H,20,28)(H,21,26)(H,22,27)(H,29,30). The number of primary amides is 2. The number of nitrogens with two attached hydrogens (primary N) is 3. The highest BCUT2D eigenvalue weighted by molar-refractivity contribution is 7.80. The molecule has 0 aromatic carbocycles. The lowest BCUT2D eigenvalue weighted by molar-refractivity contribution is -0.141. The summed E-state index contributed by atoms with van der Waals surface area (Å²) in [6.45, 7) is 1.25. The molecular formula is C16H28N6O8S. The van der Waals surface area contributed by atoms with Gasteiger partial charge in [0.2, 0.25) is 29.5 Å². The van der Waals surface area contributed by atoms with E-state index in [-0.39, 0.29) is 18.6 Å². The fourth-order valence-electron chi connectivity index (χ4n) is 2.18. The van der Waals surface area contributed by atoms with Gasteiger partial charge >= 0.3 is 5.97 Å². The van der Waals surface area contributed by atoms with Crippen molar-refractivity contribution in [2.24, 2.45) is 17.2 Å². The van der Waals surface area contributed by atoms with Crippen LogP contribution in [0.15, 0.2) is 0 Å². The Kier molecular flexibility index (Phi) is 12.1. The van der Waals surface area contributed by atoms with E-state index in [1.165, 1.54) is 6.92 Å². The lowest BCUT2D eigenvalue weighted by Gasteiger charge is -2.24. The lowest BCUT2D eigenvalue weighted by atomic mass is 10.1. The third-order valence-corrected chi connectivity index (χ3v) is 4.34. The van der Waals surface area contributed by atoms with Crippen molar-refractivity contribution in [1.29, 1.82) is 0 Å². The van der Waals surface area contributed by atoms with E-state index >= 15 is 0 Å². The maximum Gasteiger partial charge on any atom is 0.327 e. The summed E-state index contributed by atoms with van der Waals surface area (Å²) in [5.74, 6) is -6.38. The quantitative estimate of drug-likeness (QED) is 0.112. The van der Waals surface area contributed by atoms with Crippen molar-refractivity contribution in [2.75, 3.05) is 5.75 Å². The van der Waals surface area contributed by atoms with Crippen LogP contribution in [-0.2, 0) is 28.8 Å². The number of aliphatic carboxylic acids is 1. The molecule has 5 atom stereocenters. The Hall–Kier alpha value is -2.91. The predicted octanol–water partition coefficient (Wildman–Crippen LogP) is -4.70. The highest BCUT2D eigenvalue weighted by Gasteiger charge is 2.31. The van der Waals surface area contributed by atoms with Crippen LogP contribution in [0.4, 0.5) is 0 Å². The second-order valence-electron chi connectivity index (χ2n) is 6.65. The zero-order valence-electron chi connectivity index (χ0n) is 16.7. The molecule has 0 spiro atoms. The maximum absolute atomic E-state index is 12.6. The maximum atomic E-state index is 12.6. The SMILES string of the molecule is CC(O)C(N)C(=O)NC(CCC(N)=O)C(=O)NC(CC(N)=O)C(=O)NC(CS)C(=O)O. The number of carboxylic acid groups (broad SMARTS) is 1. The Balaban J connectivity index is 5.51. The Morgan fingerprint density at radius 1 is 0.871 bits per heavy atom. The number of carbonyl (C=O) groups excluding carboxylic acids is 5. The summed E-state index contributed by atoms with van der Waals surface area (Å²) < 4.78 is 0. The molecular weight excluding hydrogens is 436 g/mol. The molecule has 5 unspecified atom stereocenters. The Morgan fingerprint density at radius 2 is 1.35 bits per heavy atom. The molecule has 14 nitrogen and oxygen atoms in total. The number of carbonyl (C=O) groups is 6. The summed E-state index contributed by atoms with van der Waals surface area (Å²) in [5.41, 5.74) is 15.6. The van der Waals surface area contributed by atoms with Gasteiger partial charge in [-0.1, -0.05) is 0 Å². The highest BCUT2D eigenvalue weighted by atomic mass is 32.1. The van der Waals surface area contributed by atoms with E-state index in [4.69, 9.17) is 22.3 Å². The minimum Gasteiger partial charge on any atom is -0.480 e. The summed E-state index contributed by atoms with van der Waals surface area (Å²) >= 11 is 3.79. The third kappa shape index (κ3) is 10.6. The van der Waals surface area contributed by atoms with Crippen LogP contribution in [0.1, 0.15) is 26.2 Å². The van der Waals surface area contributed by atoms with Gasteiger partial charge in [0, 0.05) is 12.2 Å². The molecule has 0 aliphatic heterocycles. The smallest absolute Gasteiger partial charge is 0.327 e. The van der Waals surface area contributed by atoms with Crippen LogP contribution in [0.3, 0.4) is 0 Å². The number of hydrogen-bond donors (Lipinski definition) is 9. The van der Waals surface area contributed by atoms with Gasteiger partial charge in [-0.3, -0.25) is 24.0 Å². The summed E-state index contributed by atoms with van der Waals surface area (Å²) in [6, 6.07) is -5.78. The Bertz CT molecular complexity index is 704. The molecule has 15 heteroatoms. The fraction of sp³-hybridized carbons (Fsp3) is 0.625. The molecule has 0 saturated heterocycles. The molecule has 0 aliphatic rings. The van der Waals surface area contributed by atoms with Crippen molar-refractivity contribution in [1.82, 2.24) is 16.0 Å². The largest absolute Gasteiger partial charge is 0.480 e. The molecule has 0 aromatic heterocycles. The molecule has 31 heavy (non-hydrogen) atoms. The monoisotopic (exact) mass is 464 g/mol. The molecule has 176 valence electrons. The van der Waals surface area contributed by atoms with Crippen LogP contribution < -0.4 is 33.2 Å². The van der Waals surface area contributed by atoms with E-state index < -0.39 is 72.2 Å². The van der Waals surface area contributed by atoms with E-state index in [2.05, 4.69) is 28.6 Å². The molecule has 0 heterocycles. The number of thiol groups is 1. The first-order chi connectivity index (χ1) is 14.3. The average molecular weight is 465 g/mol. The van der Waals surface area contributed by atoms with Gasteiger partial charge in [0.05, 0.1) is 12.5 Å². The molecule has 0 aromatic rings. The number of rotatable bonds is 14. The first-order valence-corrected chi connectivity index (χ1v) is 9.68. The summed E-state index contributed by atoms with van der Waals surface area (Å²) in [7, 11) is 0. The number of hydrogen-bond acceptors (Lipinski definition) is 9. The van der Waals surface area contributed by atoms with Gasteiger partial charge in [-0.2, -0.15) is 12.6 Å². The van der Waals surface area contributed by atoms with Crippen LogP contribution in [0.25, 0.3) is 0 Å². The van der Waals surface area contributed by atoms with Gasteiger partial charge in [0.25, 0.3) is 0 Å². The van der Waals surface area contributed by atoms with Crippen molar-refractivity contribution in [3.8, 4) is 0 Å². The molecule has 11 N–H and O–H groups in total. The lowest BCUT2D eigenvalue weighted by Crippen LogP contribution is -2.58. The number of aliphatic hydroxyl groups is 1. The van der Waals surface area contributed by atoms with E-state index in [1.54, 1.807) is 0 Å². The topological polar surface area (TPSA) is 257 Å². The van der Waals surface area contributed by atoms with E-state index in [0.29, 0.717) is 0 Å². The first-order valence-electron chi connectivity index (χ1n) is 9.05. The van der Waals surface area contributed by atoms with Crippen molar-refractivity contribution in [3.63, 3.8) is 0 Å². The van der Waals surface area contributed by atoms with Gasteiger partial charge < -0.3 is 43.4 Å². The van der Waals surface area contributed by atoms with Crippen LogP contribution in [-0.4, -0.2) is 81.7 Å². The highest BCUT2D eigenvalue weighted by Crippen LogP contribution is 2.03. The third-order valence-electron chi connectivity index (χ3n) is 3.97. The van der Waals surface area contributed by atoms with Crippen LogP contribution >= 0.6 is 12.6 Å². The summed E-state index contributed by atoms with van der Waals surface area (Å²) in [4.78, 5) is 70.5. The summed E-state index contributed by atoms with van der Waals surface area (Å²) in [5, 5.41) is 24.9.